The SMILES string of the molecule is CCCC/C=C\CCCCCCCC(=O)OCC(COC(OCC[N+](C)(C)C)C(=O)O)OC(=O)CCCCCCCCCCCCCCCCCCCCCCCCCCCCC/C=C\CCCCCCCCCC. The van der Waals surface area contributed by atoms with Gasteiger partial charge >= 0.3 is 17.9 Å². The second-order valence-corrected chi connectivity index (χ2v) is 23.4. The van der Waals surface area contributed by atoms with Gasteiger partial charge in [-0.25, -0.2) is 4.79 Å². The van der Waals surface area contributed by atoms with E-state index in [4.69, 9.17) is 18.9 Å². The summed E-state index contributed by atoms with van der Waals surface area (Å²) in [5, 5.41) is 9.68. The fourth-order valence-electron chi connectivity index (χ4n) is 9.64. The lowest BCUT2D eigenvalue weighted by Gasteiger charge is -2.25. The molecule has 0 radical (unpaired) electrons. The first kappa shape index (κ1) is 72.8. The van der Waals surface area contributed by atoms with Crippen LogP contribution in [0.3, 0.4) is 0 Å². The first-order chi connectivity index (χ1) is 36.6. The van der Waals surface area contributed by atoms with E-state index in [0.29, 0.717) is 17.4 Å². The highest BCUT2D eigenvalue weighted by Crippen LogP contribution is 2.18. The van der Waals surface area contributed by atoms with Crippen LogP contribution in [-0.2, 0) is 33.3 Å². The van der Waals surface area contributed by atoms with Crippen molar-refractivity contribution >= 4 is 17.9 Å². The summed E-state index contributed by atoms with van der Waals surface area (Å²) in [6.07, 6.45) is 67.5. The molecule has 0 aromatic heterocycles. The molecule has 0 bridgehead atoms. The van der Waals surface area contributed by atoms with E-state index in [1.807, 2.05) is 21.1 Å². The molecule has 0 aliphatic carbocycles. The first-order valence-corrected chi connectivity index (χ1v) is 32.5. The number of carbonyl (C=O) groups excluding carboxylic acids is 2. The fourth-order valence-corrected chi connectivity index (χ4v) is 9.64. The van der Waals surface area contributed by atoms with Crippen LogP contribution in [-0.4, -0.2) is 87.4 Å². The molecule has 442 valence electrons. The first-order valence-electron chi connectivity index (χ1n) is 32.5. The third-order valence-corrected chi connectivity index (χ3v) is 14.7. The van der Waals surface area contributed by atoms with Crippen LogP contribution in [0.4, 0.5) is 0 Å². The number of unbranched alkanes of at least 4 members (excludes halogenated alkanes) is 42. The van der Waals surface area contributed by atoms with Gasteiger partial charge in [0.05, 0.1) is 34.4 Å². The van der Waals surface area contributed by atoms with Crippen molar-refractivity contribution in [3.05, 3.63) is 24.3 Å². The quantitative estimate of drug-likeness (QED) is 0.0211. The van der Waals surface area contributed by atoms with Crippen LogP contribution >= 0.6 is 0 Å². The van der Waals surface area contributed by atoms with E-state index in [1.54, 1.807) is 0 Å². The third-order valence-electron chi connectivity index (χ3n) is 14.7. The topological polar surface area (TPSA) is 108 Å². The summed E-state index contributed by atoms with van der Waals surface area (Å²) < 4.78 is 22.8. The average Bonchev–Trinajstić information content (AvgIpc) is 3.38. The predicted molar refractivity (Wildman–Crippen MR) is 318 cm³/mol. The lowest BCUT2D eigenvalue weighted by atomic mass is 10.0. The molecule has 2 atom stereocenters. The largest absolute Gasteiger partial charge is 0.477 e. The normalized spacial score (nSPS) is 12.8. The Morgan fingerprint density at radius 3 is 1.03 bits per heavy atom. The van der Waals surface area contributed by atoms with Gasteiger partial charge in [0.1, 0.15) is 13.2 Å². The van der Waals surface area contributed by atoms with Gasteiger partial charge in [0.15, 0.2) is 6.10 Å². The highest BCUT2D eigenvalue weighted by atomic mass is 16.7. The molecule has 0 aliphatic heterocycles. The van der Waals surface area contributed by atoms with Gasteiger partial charge in [-0.15, -0.1) is 0 Å². The monoisotopic (exact) mass is 1060 g/mol. The summed E-state index contributed by atoms with van der Waals surface area (Å²) in [6.45, 7) is 4.86. The molecular weight excluding hydrogens is 935 g/mol. The Morgan fingerprint density at radius 1 is 0.387 bits per heavy atom. The number of likely N-dealkylation sites (N-methyl/N-ethyl adjacent to an activating group) is 1. The van der Waals surface area contributed by atoms with E-state index in [-0.39, 0.29) is 32.2 Å². The summed E-state index contributed by atoms with van der Waals surface area (Å²) in [5.41, 5.74) is 0. The lowest BCUT2D eigenvalue weighted by molar-refractivity contribution is -0.870. The number of carboxylic acids is 1. The minimum atomic E-state index is -1.51. The van der Waals surface area contributed by atoms with Crippen LogP contribution in [0.1, 0.15) is 322 Å². The predicted octanol–water partition coefficient (Wildman–Crippen LogP) is 19.5. The van der Waals surface area contributed by atoms with E-state index >= 15 is 0 Å². The molecule has 0 aliphatic rings. The zero-order chi connectivity index (χ0) is 54.8. The number of nitrogens with zero attached hydrogens (tertiary/aromatic N) is 1. The standard InChI is InChI=1S/C66H125NO8/c1-6-8-10-12-14-16-18-19-20-21-22-23-24-25-26-27-28-29-30-31-32-33-34-35-36-37-38-39-40-41-42-43-44-45-47-49-51-53-55-57-64(69)75-62(61-74-66(65(70)71)72-59-58-67(3,4)5)60-73-63(68)56-54-52-50-48-46-17-15-13-11-9-7-2/h13,15,21-22,62,66H,6-12,14,16-20,23-61H2,1-5H3/p+1/b15-13-,22-21-. The average molecular weight is 1060 g/mol. The number of allylic oxidation sites excluding steroid dienone is 4. The summed E-state index contributed by atoms with van der Waals surface area (Å²) >= 11 is 0. The van der Waals surface area contributed by atoms with Gasteiger partial charge in [-0.1, -0.05) is 276 Å². The number of rotatable bonds is 61. The third kappa shape index (κ3) is 59.3. The van der Waals surface area contributed by atoms with Crippen LogP contribution < -0.4 is 0 Å². The summed E-state index contributed by atoms with van der Waals surface area (Å²) in [7, 11) is 5.97. The van der Waals surface area contributed by atoms with Crippen LogP contribution in [0.25, 0.3) is 0 Å². The number of carboxylic acid groups (broad SMARTS) is 1. The Hall–Kier alpha value is -2.23. The van der Waals surface area contributed by atoms with Crippen molar-refractivity contribution in [1.82, 2.24) is 0 Å². The highest BCUT2D eigenvalue weighted by Gasteiger charge is 2.25. The maximum Gasteiger partial charge on any atom is 0.361 e. The smallest absolute Gasteiger partial charge is 0.361 e. The number of hydrogen-bond donors (Lipinski definition) is 1. The molecule has 0 heterocycles. The molecule has 9 heteroatoms. The van der Waals surface area contributed by atoms with Crippen molar-refractivity contribution in [2.45, 2.75) is 334 Å². The van der Waals surface area contributed by atoms with Crippen LogP contribution in [0.15, 0.2) is 24.3 Å². The molecule has 75 heavy (non-hydrogen) atoms. The summed E-state index contributed by atoms with van der Waals surface area (Å²) in [4.78, 5) is 37.3. The molecule has 0 aromatic carbocycles. The summed E-state index contributed by atoms with van der Waals surface area (Å²) in [5.74, 6) is -2.00. The second-order valence-electron chi connectivity index (χ2n) is 23.4. The number of hydrogen-bond acceptors (Lipinski definition) is 7. The van der Waals surface area contributed by atoms with Gasteiger partial charge in [0, 0.05) is 12.8 Å². The van der Waals surface area contributed by atoms with E-state index in [2.05, 4.69) is 38.2 Å². The van der Waals surface area contributed by atoms with Crippen molar-refractivity contribution < 1.29 is 42.9 Å². The van der Waals surface area contributed by atoms with Gasteiger partial charge in [-0.3, -0.25) is 9.59 Å². The maximum absolute atomic E-state index is 12.9. The minimum Gasteiger partial charge on any atom is -0.477 e. The van der Waals surface area contributed by atoms with Crippen LogP contribution in [0.2, 0.25) is 0 Å². The molecular formula is C66H126NO8+. The van der Waals surface area contributed by atoms with Crippen molar-refractivity contribution in [3.63, 3.8) is 0 Å². The van der Waals surface area contributed by atoms with Gasteiger partial charge in [0.2, 0.25) is 0 Å². The molecule has 0 saturated carbocycles. The Morgan fingerprint density at radius 2 is 0.693 bits per heavy atom. The van der Waals surface area contributed by atoms with Gasteiger partial charge in [-0.2, -0.15) is 0 Å². The maximum atomic E-state index is 12.9. The highest BCUT2D eigenvalue weighted by molar-refractivity contribution is 5.71. The van der Waals surface area contributed by atoms with Crippen molar-refractivity contribution in [3.8, 4) is 0 Å². The summed E-state index contributed by atoms with van der Waals surface area (Å²) in [6, 6.07) is 0. The number of quaternary nitrogens is 1. The molecule has 0 fully saturated rings. The lowest BCUT2D eigenvalue weighted by Crippen LogP contribution is -2.40. The van der Waals surface area contributed by atoms with Crippen molar-refractivity contribution in [2.75, 3.05) is 47.5 Å². The van der Waals surface area contributed by atoms with E-state index in [0.717, 1.165) is 64.2 Å². The number of aliphatic carboxylic acids is 1. The Balaban J connectivity index is 3.87. The second kappa shape index (κ2) is 57.9. The fraction of sp³-hybridized carbons (Fsp3) is 0.894. The number of ether oxygens (including phenoxy) is 4. The Bertz CT molecular complexity index is 1280. The molecule has 0 saturated heterocycles. The molecule has 9 nitrogen and oxygen atoms in total. The molecule has 2 unspecified atom stereocenters. The Kier molecular flexibility index (Phi) is 56.2. The van der Waals surface area contributed by atoms with E-state index in [1.165, 1.54) is 231 Å². The molecule has 0 rings (SSSR count). The van der Waals surface area contributed by atoms with Crippen LogP contribution in [0.5, 0.6) is 0 Å². The molecule has 0 amide bonds. The molecule has 1 N–H and O–H groups in total. The van der Waals surface area contributed by atoms with Crippen LogP contribution in [0, 0.1) is 0 Å². The van der Waals surface area contributed by atoms with Gasteiger partial charge in [0.25, 0.3) is 6.29 Å². The minimum absolute atomic E-state index is 0.181. The Labute approximate surface area is 465 Å². The van der Waals surface area contributed by atoms with Crippen molar-refractivity contribution in [2.24, 2.45) is 0 Å². The molecule has 0 aromatic rings. The number of esters is 2. The van der Waals surface area contributed by atoms with E-state index < -0.39 is 24.3 Å². The zero-order valence-electron chi connectivity index (χ0n) is 50.5. The zero-order valence-corrected chi connectivity index (χ0v) is 50.5. The van der Waals surface area contributed by atoms with E-state index in [9.17, 15) is 19.5 Å². The van der Waals surface area contributed by atoms with Gasteiger partial charge < -0.3 is 28.5 Å². The number of carbonyl (C=O) groups is 3. The van der Waals surface area contributed by atoms with Gasteiger partial charge in [-0.05, 0) is 57.8 Å². The molecule has 0 spiro atoms. The van der Waals surface area contributed by atoms with Crippen molar-refractivity contribution in [1.29, 1.82) is 0 Å².